The van der Waals surface area contributed by atoms with Crippen LogP contribution in [0.4, 0.5) is 0 Å². The minimum atomic E-state index is -3.47. The zero-order chi connectivity index (χ0) is 14.6. The van der Waals surface area contributed by atoms with Crippen LogP contribution in [0.5, 0.6) is 0 Å². The largest absolute Gasteiger partial charge is 0.271 e. The van der Waals surface area contributed by atoms with E-state index >= 15 is 0 Å². The number of halogens is 1. The van der Waals surface area contributed by atoms with Crippen LogP contribution in [0.1, 0.15) is 31.2 Å². The second kappa shape index (κ2) is 6.85. The Bertz CT molecular complexity index is 525. The predicted molar refractivity (Wildman–Crippen MR) is 80.1 cm³/mol. The third-order valence-corrected chi connectivity index (χ3v) is 5.50. The Morgan fingerprint density at radius 2 is 2.05 bits per heavy atom. The molecule has 5 nitrogen and oxygen atoms in total. The Hall–Kier alpha value is -0.400. The lowest BCUT2D eigenvalue weighted by molar-refractivity contribution is 0.482. The summed E-state index contributed by atoms with van der Waals surface area (Å²) in [5, 5.41) is 5.04. The molecule has 7 heteroatoms. The van der Waals surface area contributed by atoms with Crippen LogP contribution >= 0.6 is 15.9 Å². The monoisotopic (exact) mass is 351 g/mol. The summed E-state index contributed by atoms with van der Waals surface area (Å²) in [6.07, 6.45) is 1.92. The zero-order valence-corrected chi connectivity index (χ0v) is 14.3. The minimum absolute atomic E-state index is 0.309. The molecule has 0 saturated carbocycles. The van der Waals surface area contributed by atoms with Crippen molar-refractivity contribution in [1.29, 1.82) is 0 Å². The number of hydrogen-bond acceptors (Lipinski definition) is 3. The summed E-state index contributed by atoms with van der Waals surface area (Å²) in [6.45, 7) is 6.03. The van der Waals surface area contributed by atoms with Crippen molar-refractivity contribution in [3.8, 4) is 0 Å². The van der Waals surface area contributed by atoms with E-state index in [2.05, 4.69) is 32.7 Å². The highest BCUT2D eigenvalue weighted by molar-refractivity contribution is 9.09. The van der Waals surface area contributed by atoms with Crippen molar-refractivity contribution in [3.63, 3.8) is 0 Å². The van der Waals surface area contributed by atoms with Gasteiger partial charge in [0.25, 0.3) is 0 Å². The van der Waals surface area contributed by atoms with Crippen LogP contribution in [0.15, 0.2) is 4.90 Å². The van der Waals surface area contributed by atoms with Crippen molar-refractivity contribution in [2.24, 2.45) is 13.0 Å². The molecule has 0 saturated heterocycles. The van der Waals surface area contributed by atoms with Crippen molar-refractivity contribution >= 4 is 26.0 Å². The Balaban J connectivity index is 2.87. The maximum Gasteiger partial charge on any atom is 0.244 e. The first kappa shape index (κ1) is 16.7. The summed E-state index contributed by atoms with van der Waals surface area (Å²) in [5.41, 5.74) is 1.21. The van der Waals surface area contributed by atoms with Crippen molar-refractivity contribution in [3.05, 3.63) is 11.4 Å². The first-order valence-corrected chi connectivity index (χ1v) is 8.99. The molecule has 1 unspecified atom stereocenters. The quantitative estimate of drug-likeness (QED) is 0.765. The third kappa shape index (κ3) is 4.03. The van der Waals surface area contributed by atoms with E-state index in [0.29, 0.717) is 28.7 Å². The number of sulfonamides is 1. The molecule has 1 aromatic heterocycles. The summed E-state index contributed by atoms with van der Waals surface area (Å²) in [6, 6.07) is 0. The molecule has 0 aliphatic rings. The average Bonchev–Trinajstić information content (AvgIpc) is 2.59. The van der Waals surface area contributed by atoms with Gasteiger partial charge in [0.2, 0.25) is 10.0 Å². The molecule has 1 aromatic rings. The molecular formula is C12H22BrN3O2S. The molecule has 1 atom stereocenters. The molecule has 0 fully saturated rings. The lowest BCUT2D eigenvalue weighted by Gasteiger charge is -2.14. The molecule has 110 valence electrons. The van der Waals surface area contributed by atoms with Gasteiger partial charge in [0, 0.05) is 18.9 Å². The molecule has 1 N–H and O–H groups in total. The van der Waals surface area contributed by atoms with Gasteiger partial charge < -0.3 is 0 Å². The Morgan fingerprint density at radius 1 is 1.42 bits per heavy atom. The van der Waals surface area contributed by atoms with Crippen LogP contribution in [-0.2, 0) is 17.1 Å². The minimum Gasteiger partial charge on any atom is -0.271 e. The summed E-state index contributed by atoms with van der Waals surface area (Å²) in [7, 11) is -1.72. The number of alkyl halides is 1. The molecule has 19 heavy (non-hydrogen) atoms. The van der Waals surface area contributed by atoms with E-state index in [4.69, 9.17) is 0 Å². The summed E-state index contributed by atoms with van der Waals surface area (Å²) in [4.78, 5) is 0.309. The predicted octanol–water partition coefficient (Wildman–Crippen LogP) is 2.13. The number of hydrogen-bond donors (Lipinski definition) is 1. The van der Waals surface area contributed by atoms with E-state index in [9.17, 15) is 8.42 Å². The lowest BCUT2D eigenvalue weighted by Crippen LogP contribution is -2.30. The van der Waals surface area contributed by atoms with Crippen LogP contribution in [0, 0.1) is 19.8 Å². The van der Waals surface area contributed by atoms with Crippen molar-refractivity contribution < 1.29 is 8.42 Å². The van der Waals surface area contributed by atoms with Crippen LogP contribution in [-0.4, -0.2) is 30.1 Å². The van der Waals surface area contributed by atoms with E-state index in [-0.39, 0.29) is 0 Å². The summed E-state index contributed by atoms with van der Waals surface area (Å²) in [5.74, 6) is 0.353. The number of nitrogens with zero attached hydrogens (tertiary/aromatic N) is 2. The van der Waals surface area contributed by atoms with E-state index < -0.39 is 10.0 Å². The van der Waals surface area contributed by atoms with Crippen LogP contribution in [0.3, 0.4) is 0 Å². The zero-order valence-electron chi connectivity index (χ0n) is 11.9. The van der Waals surface area contributed by atoms with Gasteiger partial charge in [-0.3, -0.25) is 4.68 Å². The lowest BCUT2D eigenvalue weighted by atomic mass is 10.0. The number of nitrogens with one attached hydrogen (secondary N) is 1. The highest BCUT2D eigenvalue weighted by Crippen LogP contribution is 2.19. The first-order chi connectivity index (χ1) is 8.83. The van der Waals surface area contributed by atoms with E-state index in [1.54, 1.807) is 25.6 Å². The van der Waals surface area contributed by atoms with Gasteiger partial charge in [-0.2, -0.15) is 5.10 Å². The van der Waals surface area contributed by atoms with Gasteiger partial charge in [-0.05, 0) is 26.2 Å². The van der Waals surface area contributed by atoms with Gasteiger partial charge in [-0.15, -0.1) is 0 Å². The molecule has 0 aromatic carbocycles. The van der Waals surface area contributed by atoms with Gasteiger partial charge in [0.15, 0.2) is 0 Å². The third-order valence-electron chi connectivity index (χ3n) is 3.37. The molecular weight excluding hydrogens is 330 g/mol. The highest BCUT2D eigenvalue weighted by atomic mass is 79.9. The normalized spacial score (nSPS) is 13.7. The van der Waals surface area contributed by atoms with Crippen molar-refractivity contribution in [2.75, 3.05) is 11.9 Å². The average molecular weight is 352 g/mol. The molecule has 0 radical (unpaired) electrons. The molecule has 0 spiro atoms. The fraction of sp³-hybridized carbons (Fsp3) is 0.750. The van der Waals surface area contributed by atoms with Crippen LogP contribution in [0.25, 0.3) is 0 Å². The van der Waals surface area contributed by atoms with E-state index in [1.165, 1.54) is 0 Å². The second-order valence-electron chi connectivity index (χ2n) is 4.73. The van der Waals surface area contributed by atoms with E-state index in [1.807, 2.05) is 0 Å². The summed E-state index contributed by atoms with van der Waals surface area (Å²) >= 11 is 3.39. The summed E-state index contributed by atoms with van der Waals surface area (Å²) < 4.78 is 29.0. The SMILES string of the molecule is CCC(CCBr)CNS(=O)(=O)c1c(C)nn(C)c1C. The maximum absolute atomic E-state index is 12.3. The number of aromatic nitrogens is 2. The Morgan fingerprint density at radius 3 is 2.47 bits per heavy atom. The fourth-order valence-electron chi connectivity index (χ4n) is 2.05. The number of aryl methyl sites for hydroxylation is 2. The highest BCUT2D eigenvalue weighted by Gasteiger charge is 2.24. The van der Waals surface area contributed by atoms with Gasteiger partial charge in [-0.25, -0.2) is 13.1 Å². The molecule has 1 rings (SSSR count). The molecule has 1 heterocycles. The Labute approximate surface area is 124 Å². The molecule has 0 aliphatic heterocycles. The maximum atomic E-state index is 12.3. The molecule has 0 aliphatic carbocycles. The smallest absolute Gasteiger partial charge is 0.244 e. The first-order valence-electron chi connectivity index (χ1n) is 6.39. The van der Waals surface area contributed by atoms with Crippen LogP contribution < -0.4 is 4.72 Å². The topological polar surface area (TPSA) is 64.0 Å². The number of rotatable bonds is 7. The second-order valence-corrected chi connectivity index (χ2v) is 7.22. The Kier molecular flexibility index (Phi) is 6.01. The van der Waals surface area contributed by atoms with Gasteiger partial charge in [0.1, 0.15) is 4.90 Å². The van der Waals surface area contributed by atoms with E-state index in [0.717, 1.165) is 18.2 Å². The molecule has 0 amide bonds. The van der Waals surface area contributed by atoms with Gasteiger partial charge >= 0.3 is 0 Å². The fourth-order valence-corrected chi connectivity index (χ4v) is 4.25. The van der Waals surface area contributed by atoms with Crippen molar-refractivity contribution in [1.82, 2.24) is 14.5 Å². The van der Waals surface area contributed by atoms with Crippen LogP contribution in [0.2, 0.25) is 0 Å². The van der Waals surface area contributed by atoms with Crippen molar-refractivity contribution in [2.45, 2.75) is 38.5 Å². The molecule has 0 bridgehead atoms. The van der Waals surface area contributed by atoms with Gasteiger partial charge in [0.05, 0.1) is 11.4 Å². The standard InChI is InChI=1S/C12H22BrN3O2S/c1-5-11(6-7-13)8-14-19(17,18)12-9(2)15-16(4)10(12)3/h11,14H,5-8H2,1-4H3. The van der Waals surface area contributed by atoms with Gasteiger partial charge in [-0.1, -0.05) is 29.3 Å².